The van der Waals surface area contributed by atoms with Crippen LogP contribution < -0.4 is 22.5 Å². The summed E-state index contributed by atoms with van der Waals surface area (Å²) in [6.07, 6.45) is -3.33. The van der Waals surface area contributed by atoms with Gasteiger partial charge in [0.15, 0.2) is 0 Å². The number of hydrogen-bond donors (Lipinski definition) is 3. The molecule has 3 atom stereocenters. The number of hydrogen-bond acceptors (Lipinski definition) is 7. The van der Waals surface area contributed by atoms with E-state index in [0.717, 1.165) is 10.6 Å². The Kier molecular flexibility index (Phi) is 7.13. The first kappa shape index (κ1) is 28.1. The van der Waals surface area contributed by atoms with Crippen molar-refractivity contribution in [1.82, 2.24) is 24.3 Å². The lowest BCUT2D eigenvalue weighted by atomic mass is 10.0. The molecule has 0 spiro atoms. The number of anilines is 1. The molecule has 14 heteroatoms. The summed E-state index contributed by atoms with van der Waals surface area (Å²) in [5.74, 6) is 0.465. The molecule has 3 amide bonds. The van der Waals surface area contributed by atoms with Gasteiger partial charge in [0.2, 0.25) is 5.91 Å². The molecule has 1 unspecified atom stereocenters. The van der Waals surface area contributed by atoms with Crippen LogP contribution in [0.4, 0.5) is 23.8 Å². The van der Waals surface area contributed by atoms with Gasteiger partial charge in [-0.1, -0.05) is 6.07 Å². The summed E-state index contributed by atoms with van der Waals surface area (Å²) in [5.41, 5.74) is 9.30. The lowest BCUT2D eigenvalue weighted by Gasteiger charge is -2.37. The van der Waals surface area contributed by atoms with Gasteiger partial charge < -0.3 is 21.3 Å². The summed E-state index contributed by atoms with van der Waals surface area (Å²) in [7, 11) is 0. The highest BCUT2D eigenvalue weighted by Gasteiger charge is 2.53. The van der Waals surface area contributed by atoms with Crippen LogP contribution in [0.2, 0.25) is 0 Å². The van der Waals surface area contributed by atoms with E-state index in [1.165, 1.54) is 29.3 Å². The number of benzene rings is 1. The van der Waals surface area contributed by atoms with Crippen LogP contribution in [-0.2, 0) is 17.5 Å². The van der Waals surface area contributed by atoms with Crippen LogP contribution in [0.25, 0.3) is 5.69 Å². The molecule has 0 radical (unpaired) electrons. The maximum absolute atomic E-state index is 14.0. The molecule has 2 aromatic rings. The fourth-order valence-corrected chi connectivity index (χ4v) is 5.52. The normalized spacial score (nSPS) is 23.2. The molecular weight excluding hydrogens is 529 g/mol. The quantitative estimate of drug-likeness (QED) is 0.495. The van der Waals surface area contributed by atoms with E-state index in [0.29, 0.717) is 38.0 Å². The number of alkyl halides is 3. The number of amides is 3. The van der Waals surface area contributed by atoms with Crippen LogP contribution in [0.3, 0.4) is 0 Å². The lowest BCUT2D eigenvalue weighted by Crippen LogP contribution is -2.58. The summed E-state index contributed by atoms with van der Waals surface area (Å²) in [6, 6.07) is 4.78. The second-order valence-electron chi connectivity index (χ2n) is 11.3. The monoisotopic (exact) mass is 562 g/mol. The van der Waals surface area contributed by atoms with Crippen molar-refractivity contribution in [1.29, 1.82) is 0 Å². The van der Waals surface area contributed by atoms with E-state index < -0.39 is 29.0 Å². The molecule has 3 heterocycles. The van der Waals surface area contributed by atoms with Crippen LogP contribution >= 0.6 is 0 Å². The van der Waals surface area contributed by atoms with Gasteiger partial charge in [-0.05, 0) is 49.4 Å². The van der Waals surface area contributed by atoms with Crippen molar-refractivity contribution in [2.45, 2.75) is 38.1 Å². The molecule has 0 bridgehead atoms. The Bertz CT molecular complexity index is 1350. The Labute approximate surface area is 228 Å². The molecule has 3 aliphatic rings. The minimum absolute atomic E-state index is 0.0151. The van der Waals surface area contributed by atoms with E-state index in [1.54, 1.807) is 18.7 Å². The zero-order valence-corrected chi connectivity index (χ0v) is 22.3. The number of aromatic nitrogens is 2. The maximum atomic E-state index is 14.0. The molecule has 40 heavy (non-hydrogen) atoms. The van der Waals surface area contributed by atoms with Crippen molar-refractivity contribution in [3.63, 3.8) is 0 Å². The highest BCUT2D eigenvalue weighted by Crippen LogP contribution is 2.44. The van der Waals surface area contributed by atoms with Crippen molar-refractivity contribution in [3.05, 3.63) is 52.1 Å². The Morgan fingerprint density at radius 2 is 1.68 bits per heavy atom. The number of nitrogens with two attached hydrogens (primary N) is 2. The molecule has 216 valence electrons. The van der Waals surface area contributed by atoms with Gasteiger partial charge in [-0.15, -0.1) is 0 Å². The Hall–Kier alpha value is -3.49. The fourth-order valence-electron chi connectivity index (χ4n) is 5.52. The van der Waals surface area contributed by atoms with Crippen LogP contribution in [-0.4, -0.2) is 87.0 Å². The van der Waals surface area contributed by atoms with E-state index in [1.807, 2.05) is 4.90 Å². The largest absolute Gasteiger partial charge is 0.416 e. The molecule has 1 aromatic carbocycles. The number of piperidine rings is 1. The summed E-state index contributed by atoms with van der Waals surface area (Å²) < 4.78 is 42.9. The Morgan fingerprint density at radius 1 is 1.05 bits per heavy atom. The first-order valence-corrected chi connectivity index (χ1v) is 13.1. The van der Waals surface area contributed by atoms with Crippen molar-refractivity contribution < 1.29 is 22.8 Å². The minimum Gasteiger partial charge on any atom is -0.338 e. The average Bonchev–Trinajstić information content (AvgIpc) is 3.27. The molecule has 3 fully saturated rings. The third-order valence-electron chi connectivity index (χ3n) is 7.85. The summed E-state index contributed by atoms with van der Waals surface area (Å²) in [6.45, 7) is 5.91. The van der Waals surface area contributed by atoms with Crippen LogP contribution in [0.15, 0.2) is 35.3 Å². The second-order valence-corrected chi connectivity index (χ2v) is 11.3. The van der Waals surface area contributed by atoms with Gasteiger partial charge in [0, 0.05) is 58.1 Å². The van der Waals surface area contributed by atoms with Gasteiger partial charge in [-0.2, -0.15) is 18.2 Å². The molecule has 2 aliphatic heterocycles. The number of likely N-dealkylation sites (tertiary alicyclic amines) is 1. The van der Waals surface area contributed by atoms with Gasteiger partial charge in [0.05, 0.1) is 16.8 Å². The summed E-state index contributed by atoms with van der Waals surface area (Å²) >= 11 is 0. The van der Waals surface area contributed by atoms with Gasteiger partial charge >= 0.3 is 17.9 Å². The molecular formula is C26H33F3N8O3. The number of carbonyl (C=O) groups excluding carboxylic acids is 2. The van der Waals surface area contributed by atoms with Crippen molar-refractivity contribution in [3.8, 4) is 5.69 Å². The number of piperazine rings is 1. The predicted molar refractivity (Wildman–Crippen MR) is 141 cm³/mol. The molecule has 2 saturated heterocycles. The van der Waals surface area contributed by atoms with Crippen LogP contribution in [0.5, 0.6) is 0 Å². The topological polar surface area (TPSA) is 143 Å². The molecule has 11 nitrogen and oxygen atoms in total. The standard InChI is InChI=1S/C26H33F3N8O3/c1-25(2,31)22(38)35-7-9-36(10-8-35)23(39)32-20-5-6-37(24(40)33-20)16-4-3-15(19(11-16)26(27,28)29)12-34-13-17-18(14-34)21(17)30/h3-6,11,17-18,21H,7-10,12-14,30-31H2,1-2H3,(H,32,33,39,40)/t17-,18+,21?. The molecule has 5 rings (SSSR count). The van der Waals surface area contributed by atoms with Gasteiger partial charge in [0.1, 0.15) is 5.82 Å². The summed E-state index contributed by atoms with van der Waals surface area (Å²) in [5, 5.41) is 2.54. The van der Waals surface area contributed by atoms with Crippen LogP contribution in [0, 0.1) is 11.8 Å². The number of halogens is 3. The number of urea groups is 1. The van der Waals surface area contributed by atoms with E-state index >= 15 is 0 Å². The third-order valence-corrected chi connectivity index (χ3v) is 7.85. The highest BCUT2D eigenvalue weighted by atomic mass is 19.4. The predicted octanol–water partition coefficient (Wildman–Crippen LogP) is 1.05. The lowest BCUT2D eigenvalue weighted by molar-refractivity contribution is -0.138. The zero-order chi connectivity index (χ0) is 29.0. The highest BCUT2D eigenvalue weighted by molar-refractivity contribution is 5.89. The van der Waals surface area contributed by atoms with E-state index in [4.69, 9.17) is 11.5 Å². The van der Waals surface area contributed by atoms with Crippen molar-refractivity contribution in [2.24, 2.45) is 23.3 Å². The first-order chi connectivity index (χ1) is 18.7. The summed E-state index contributed by atoms with van der Waals surface area (Å²) in [4.78, 5) is 46.6. The number of carbonyl (C=O) groups is 2. The fraction of sp³-hybridized carbons (Fsp3) is 0.538. The molecule has 1 aliphatic carbocycles. The minimum atomic E-state index is -4.61. The van der Waals surface area contributed by atoms with E-state index in [-0.39, 0.29) is 48.7 Å². The SMILES string of the molecule is CC(C)(N)C(=O)N1CCN(C(=O)Nc2ccn(-c3ccc(CN4C[C@@H]5C(N)[C@@H]5C4)c(C(F)(F)F)c3)c(=O)n2)CC1. The first-order valence-electron chi connectivity index (χ1n) is 13.1. The van der Waals surface area contributed by atoms with Crippen LogP contribution in [0.1, 0.15) is 25.0 Å². The Balaban J connectivity index is 1.25. The number of fused-ring (bicyclic) bond motifs is 1. The van der Waals surface area contributed by atoms with E-state index in [9.17, 15) is 27.6 Å². The van der Waals surface area contributed by atoms with Crippen molar-refractivity contribution >= 4 is 17.8 Å². The smallest absolute Gasteiger partial charge is 0.338 e. The van der Waals surface area contributed by atoms with Gasteiger partial charge in [-0.3, -0.25) is 19.6 Å². The Morgan fingerprint density at radius 3 is 2.25 bits per heavy atom. The molecule has 5 N–H and O–H groups in total. The second kappa shape index (κ2) is 10.2. The van der Waals surface area contributed by atoms with E-state index in [2.05, 4.69) is 10.3 Å². The molecule has 1 aromatic heterocycles. The molecule has 1 saturated carbocycles. The number of nitrogens with one attached hydrogen (secondary N) is 1. The van der Waals surface area contributed by atoms with Gasteiger partial charge in [0.25, 0.3) is 0 Å². The number of nitrogens with zero attached hydrogens (tertiary/aromatic N) is 5. The van der Waals surface area contributed by atoms with Crippen molar-refractivity contribution in [2.75, 3.05) is 44.6 Å². The maximum Gasteiger partial charge on any atom is 0.416 e. The number of rotatable bonds is 5. The average molecular weight is 563 g/mol. The third kappa shape index (κ3) is 5.69. The van der Waals surface area contributed by atoms with Gasteiger partial charge in [-0.25, -0.2) is 9.59 Å². The zero-order valence-electron chi connectivity index (χ0n) is 22.3.